The summed E-state index contributed by atoms with van der Waals surface area (Å²) < 4.78 is 91.0. The van der Waals surface area contributed by atoms with E-state index in [0.29, 0.717) is 11.6 Å². The van der Waals surface area contributed by atoms with Gasteiger partial charge in [0.2, 0.25) is 0 Å². The number of nitrogen functional groups attached to an aromatic ring is 1. The van der Waals surface area contributed by atoms with Crippen LogP contribution in [0.25, 0.3) is 0 Å². The third-order valence-electron chi connectivity index (χ3n) is 3.65. The lowest BCUT2D eigenvalue weighted by Crippen LogP contribution is -2.17. The molecule has 0 aliphatic heterocycles. The van der Waals surface area contributed by atoms with Crippen LogP contribution in [0.2, 0.25) is 0 Å². The topological polar surface area (TPSA) is 26.0 Å². The first-order valence-corrected chi connectivity index (χ1v) is 6.74. The Kier molecular flexibility index (Phi) is 4.52. The van der Waals surface area contributed by atoms with E-state index in [9.17, 15) is 30.7 Å². The van der Waals surface area contributed by atoms with Gasteiger partial charge in [-0.15, -0.1) is 0 Å². The van der Waals surface area contributed by atoms with Crippen molar-refractivity contribution in [3.05, 3.63) is 64.5 Å². The highest BCUT2D eigenvalue weighted by Gasteiger charge is 2.40. The molecule has 0 heterocycles. The summed E-state index contributed by atoms with van der Waals surface area (Å²) in [7, 11) is 0. The summed E-state index contributed by atoms with van der Waals surface area (Å²) in [6, 6.07) is 5.16. The third kappa shape index (κ3) is 3.63. The van der Waals surface area contributed by atoms with Crippen molar-refractivity contribution in [1.82, 2.24) is 0 Å². The molecule has 0 aliphatic rings. The van der Waals surface area contributed by atoms with Crippen molar-refractivity contribution in [2.75, 3.05) is 5.73 Å². The van der Waals surface area contributed by atoms with Gasteiger partial charge in [0.25, 0.3) is 0 Å². The second-order valence-corrected chi connectivity index (χ2v) is 5.30. The Morgan fingerprint density at radius 2 is 1.42 bits per heavy atom. The number of hydrogen-bond acceptors (Lipinski definition) is 1. The summed E-state index contributed by atoms with van der Waals surface area (Å²) >= 11 is 0. The average molecular weight is 351 g/mol. The van der Waals surface area contributed by atoms with Crippen LogP contribution < -0.4 is 5.73 Å². The molecule has 0 saturated heterocycles. The van der Waals surface area contributed by atoms with E-state index in [1.54, 1.807) is 0 Å². The molecule has 0 saturated carbocycles. The fourth-order valence-electron chi connectivity index (χ4n) is 2.48. The zero-order valence-electron chi connectivity index (χ0n) is 12.3. The fraction of sp³-hybridized carbons (Fsp3) is 0.250. The quantitative estimate of drug-likeness (QED) is 0.553. The van der Waals surface area contributed by atoms with Gasteiger partial charge >= 0.3 is 12.4 Å². The molecule has 0 aromatic heterocycles. The molecular weight excluding hydrogens is 339 g/mol. The molecule has 1 atom stereocenters. The Morgan fingerprint density at radius 3 is 1.88 bits per heavy atom. The Balaban J connectivity index is 2.66. The first kappa shape index (κ1) is 18.1. The molecule has 24 heavy (non-hydrogen) atoms. The van der Waals surface area contributed by atoms with Crippen molar-refractivity contribution in [2.24, 2.45) is 0 Å². The molecule has 0 radical (unpaired) electrons. The monoisotopic (exact) mass is 351 g/mol. The minimum Gasteiger partial charge on any atom is -0.398 e. The van der Waals surface area contributed by atoms with E-state index in [0.717, 1.165) is 12.1 Å². The van der Waals surface area contributed by atoms with Gasteiger partial charge in [-0.05, 0) is 35.4 Å². The van der Waals surface area contributed by atoms with Crippen molar-refractivity contribution in [1.29, 1.82) is 0 Å². The van der Waals surface area contributed by atoms with Gasteiger partial charge in [-0.3, -0.25) is 0 Å². The molecule has 0 spiro atoms. The maximum atomic E-state index is 13.3. The first-order chi connectivity index (χ1) is 10.9. The van der Waals surface area contributed by atoms with Gasteiger partial charge in [-0.25, -0.2) is 4.39 Å². The highest BCUT2D eigenvalue weighted by atomic mass is 19.4. The van der Waals surface area contributed by atoms with Crippen LogP contribution in [0, 0.1) is 5.82 Å². The standard InChI is InChI=1S/C16H12F7N/c1-8(9-2-4-11(17)5-3-9)14-12(16(21,22)23)6-10(7-13(14)24)15(18,19)20/h2-8H,24H2,1H3. The average Bonchev–Trinajstić information content (AvgIpc) is 2.44. The highest BCUT2D eigenvalue weighted by molar-refractivity contribution is 5.58. The number of benzene rings is 2. The summed E-state index contributed by atoms with van der Waals surface area (Å²) in [5, 5.41) is 0. The van der Waals surface area contributed by atoms with Gasteiger partial charge in [-0.1, -0.05) is 19.1 Å². The second kappa shape index (κ2) is 5.99. The molecule has 130 valence electrons. The second-order valence-electron chi connectivity index (χ2n) is 5.30. The number of anilines is 1. The maximum absolute atomic E-state index is 13.3. The summed E-state index contributed by atoms with van der Waals surface area (Å²) in [4.78, 5) is 0. The molecule has 0 bridgehead atoms. The van der Waals surface area contributed by atoms with Gasteiger partial charge < -0.3 is 5.73 Å². The largest absolute Gasteiger partial charge is 0.416 e. The van der Waals surface area contributed by atoms with E-state index in [2.05, 4.69) is 0 Å². The van der Waals surface area contributed by atoms with Crippen LogP contribution in [0.3, 0.4) is 0 Å². The summed E-state index contributed by atoms with van der Waals surface area (Å²) in [5.74, 6) is -1.55. The SMILES string of the molecule is CC(c1ccc(F)cc1)c1c(N)cc(C(F)(F)F)cc1C(F)(F)F. The van der Waals surface area contributed by atoms with Crippen LogP contribution >= 0.6 is 0 Å². The van der Waals surface area contributed by atoms with Crippen LogP contribution in [0.5, 0.6) is 0 Å². The van der Waals surface area contributed by atoms with Crippen molar-refractivity contribution in [3.63, 3.8) is 0 Å². The van der Waals surface area contributed by atoms with Crippen LogP contribution in [0.4, 0.5) is 36.4 Å². The molecule has 2 aromatic carbocycles. The summed E-state index contributed by atoms with van der Waals surface area (Å²) in [5.41, 5.74) is 1.80. The molecular formula is C16H12F7N. The lowest BCUT2D eigenvalue weighted by molar-refractivity contribution is -0.143. The Morgan fingerprint density at radius 1 is 0.875 bits per heavy atom. The lowest BCUT2D eigenvalue weighted by Gasteiger charge is -2.22. The molecule has 0 amide bonds. The Labute approximate surface area is 132 Å². The molecule has 2 N–H and O–H groups in total. The normalized spacial score (nSPS) is 13.8. The van der Waals surface area contributed by atoms with E-state index in [4.69, 9.17) is 5.73 Å². The first-order valence-electron chi connectivity index (χ1n) is 6.74. The van der Waals surface area contributed by atoms with E-state index in [1.807, 2.05) is 0 Å². The molecule has 0 aliphatic carbocycles. The third-order valence-corrected chi connectivity index (χ3v) is 3.65. The molecule has 2 aromatic rings. The van der Waals surface area contributed by atoms with Crippen molar-refractivity contribution in [3.8, 4) is 0 Å². The summed E-state index contributed by atoms with van der Waals surface area (Å²) in [6.07, 6.45) is -9.97. The van der Waals surface area contributed by atoms with E-state index >= 15 is 0 Å². The zero-order chi connectivity index (χ0) is 18.3. The minimum absolute atomic E-state index is 0.0473. The molecule has 0 fully saturated rings. The molecule has 1 nitrogen and oxygen atoms in total. The number of halogens is 7. The van der Waals surface area contributed by atoms with Crippen LogP contribution in [-0.2, 0) is 12.4 Å². The van der Waals surface area contributed by atoms with Gasteiger partial charge in [0.15, 0.2) is 0 Å². The predicted molar refractivity (Wildman–Crippen MR) is 74.8 cm³/mol. The predicted octanol–water partition coefficient (Wildman–Crippen LogP) is 5.60. The van der Waals surface area contributed by atoms with Gasteiger partial charge in [-0.2, -0.15) is 26.3 Å². The van der Waals surface area contributed by atoms with Gasteiger partial charge in [0, 0.05) is 11.6 Å². The molecule has 1 unspecified atom stereocenters. The van der Waals surface area contributed by atoms with Crippen molar-refractivity contribution in [2.45, 2.75) is 25.2 Å². The van der Waals surface area contributed by atoms with E-state index in [1.165, 1.54) is 19.1 Å². The lowest BCUT2D eigenvalue weighted by atomic mass is 9.87. The van der Waals surface area contributed by atoms with Crippen molar-refractivity contribution < 1.29 is 30.7 Å². The van der Waals surface area contributed by atoms with E-state index < -0.39 is 46.5 Å². The van der Waals surface area contributed by atoms with Crippen LogP contribution in [-0.4, -0.2) is 0 Å². The zero-order valence-corrected chi connectivity index (χ0v) is 12.3. The molecule has 2 rings (SSSR count). The number of hydrogen-bond donors (Lipinski definition) is 1. The molecule has 8 heteroatoms. The van der Waals surface area contributed by atoms with Crippen molar-refractivity contribution >= 4 is 5.69 Å². The maximum Gasteiger partial charge on any atom is 0.416 e. The van der Waals surface area contributed by atoms with Crippen LogP contribution in [0.1, 0.15) is 35.1 Å². The Bertz CT molecular complexity index is 730. The Hall–Kier alpha value is -2.25. The van der Waals surface area contributed by atoms with Gasteiger partial charge in [0.1, 0.15) is 5.82 Å². The van der Waals surface area contributed by atoms with Crippen LogP contribution in [0.15, 0.2) is 36.4 Å². The fourth-order valence-corrected chi connectivity index (χ4v) is 2.48. The number of nitrogens with two attached hydrogens (primary N) is 1. The van der Waals surface area contributed by atoms with Gasteiger partial charge in [0.05, 0.1) is 11.1 Å². The smallest absolute Gasteiger partial charge is 0.398 e. The number of rotatable bonds is 2. The van der Waals surface area contributed by atoms with E-state index in [-0.39, 0.29) is 6.07 Å². The summed E-state index contributed by atoms with van der Waals surface area (Å²) in [6.45, 7) is 1.36. The minimum atomic E-state index is -5.01. The number of alkyl halides is 6. The highest BCUT2D eigenvalue weighted by Crippen LogP contribution is 2.43.